The minimum Gasteiger partial charge on any atom is -0.350 e. The fourth-order valence-electron chi connectivity index (χ4n) is 3.24. The molecule has 0 aromatic heterocycles. The molecule has 0 aliphatic rings. The van der Waals surface area contributed by atoms with Crippen LogP contribution in [0.2, 0.25) is 0 Å². The third-order valence-corrected chi connectivity index (χ3v) is 6.19. The van der Waals surface area contributed by atoms with E-state index in [0.29, 0.717) is 16.9 Å². The van der Waals surface area contributed by atoms with Gasteiger partial charge in [-0.3, -0.25) is 13.9 Å². The highest BCUT2D eigenvalue weighted by Crippen LogP contribution is 2.25. The first-order valence-electron chi connectivity index (χ1n) is 10.3. The number of hydrogen-bond acceptors (Lipinski definition) is 4. The molecule has 0 heterocycles. The molecule has 2 amide bonds. The summed E-state index contributed by atoms with van der Waals surface area (Å²) >= 11 is 0. The first-order valence-corrected chi connectivity index (χ1v) is 12.2. The molecule has 2 aromatic carbocycles. The molecule has 0 saturated carbocycles. The van der Waals surface area contributed by atoms with Gasteiger partial charge in [0, 0.05) is 6.04 Å². The van der Waals surface area contributed by atoms with E-state index in [-0.39, 0.29) is 18.4 Å². The SMILES string of the molecule is CC[C@@H](C)NC(=O)c1ccccc1NC(=O)[C@H](CC)N(c1cccc(C)c1)S(C)(=O)=O. The lowest BCUT2D eigenvalue weighted by atomic mass is 10.1. The topological polar surface area (TPSA) is 95.6 Å². The van der Waals surface area contributed by atoms with Crippen LogP contribution < -0.4 is 14.9 Å². The second-order valence-corrected chi connectivity index (χ2v) is 9.50. The molecule has 31 heavy (non-hydrogen) atoms. The molecular weight excluding hydrogens is 414 g/mol. The number of nitrogens with one attached hydrogen (secondary N) is 2. The Morgan fingerprint density at radius 3 is 2.29 bits per heavy atom. The smallest absolute Gasteiger partial charge is 0.253 e. The van der Waals surface area contributed by atoms with Gasteiger partial charge in [-0.15, -0.1) is 0 Å². The molecule has 0 fully saturated rings. The fourth-order valence-corrected chi connectivity index (χ4v) is 4.44. The van der Waals surface area contributed by atoms with Crippen LogP contribution >= 0.6 is 0 Å². The van der Waals surface area contributed by atoms with Gasteiger partial charge in [-0.25, -0.2) is 8.42 Å². The van der Waals surface area contributed by atoms with Crippen LogP contribution in [0.1, 0.15) is 49.5 Å². The Morgan fingerprint density at radius 1 is 1.03 bits per heavy atom. The molecular formula is C23H31N3O4S. The molecule has 7 nitrogen and oxygen atoms in total. The molecule has 0 unspecified atom stereocenters. The van der Waals surface area contributed by atoms with Crippen LogP contribution in [-0.2, 0) is 14.8 Å². The molecule has 8 heteroatoms. The largest absolute Gasteiger partial charge is 0.350 e. The zero-order valence-electron chi connectivity index (χ0n) is 18.7. The van der Waals surface area contributed by atoms with Gasteiger partial charge < -0.3 is 10.6 Å². The van der Waals surface area contributed by atoms with E-state index in [1.165, 1.54) is 0 Å². The first kappa shape index (κ1) is 24.4. The van der Waals surface area contributed by atoms with Gasteiger partial charge >= 0.3 is 0 Å². The summed E-state index contributed by atoms with van der Waals surface area (Å²) in [6, 6.07) is 12.7. The second-order valence-electron chi connectivity index (χ2n) is 7.64. The van der Waals surface area contributed by atoms with Gasteiger partial charge in [0.25, 0.3) is 5.91 Å². The Hall–Kier alpha value is -2.87. The maximum Gasteiger partial charge on any atom is 0.253 e. The van der Waals surface area contributed by atoms with E-state index < -0.39 is 22.0 Å². The minimum atomic E-state index is -3.74. The highest BCUT2D eigenvalue weighted by atomic mass is 32.2. The Labute approximate surface area is 184 Å². The lowest BCUT2D eigenvalue weighted by Crippen LogP contribution is -2.47. The van der Waals surface area contributed by atoms with Crippen molar-refractivity contribution in [3.63, 3.8) is 0 Å². The highest BCUT2D eigenvalue weighted by molar-refractivity contribution is 7.92. The zero-order valence-corrected chi connectivity index (χ0v) is 19.5. The van der Waals surface area contributed by atoms with Gasteiger partial charge in [-0.2, -0.15) is 0 Å². The predicted molar refractivity (Wildman–Crippen MR) is 125 cm³/mol. The number of nitrogens with zero attached hydrogens (tertiary/aromatic N) is 1. The Kier molecular flexibility index (Phi) is 8.21. The number of amides is 2. The van der Waals surface area contributed by atoms with Gasteiger partial charge in [-0.1, -0.05) is 38.1 Å². The minimum absolute atomic E-state index is 0.0123. The lowest BCUT2D eigenvalue weighted by Gasteiger charge is -2.30. The van der Waals surface area contributed by atoms with Crippen molar-refractivity contribution in [3.05, 3.63) is 59.7 Å². The number of hydrogen-bond donors (Lipinski definition) is 2. The van der Waals surface area contributed by atoms with Crippen molar-refractivity contribution in [1.82, 2.24) is 5.32 Å². The van der Waals surface area contributed by atoms with Crippen LogP contribution in [0.15, 0.2) is 48.5 Å². The summed E-state index contributed by atoms with van der Waals surface area (Å²) in [7, 11) is -3.74. The summed E-state index contributed by atoms with van der Waals surface area (Å²) in [5.74, 6) is -0.796. The molecule has 0 bridgehead atoms. The number of rotatable bonds is 9. The van der Waals surface area contributed by atoms with E-state index in [1.807, 2.05) is 26.8 Å². The number of sulfonamides is 1. The van der Waals surface area contributed by atoms with E-state index in [9.17, 15) is 18.0 Å². The summed E-state index contributed by atoms with van der Waals surface area (Å²) in [4.78, 5) is 25.8. The summed E-state index contributed by atoms with van der Waals surface area (Å²) in [6.07, 6.45) is 2.12. The van der Waals surface area contributed by atoms with Gasteiger partial charge in [0.05, 0.1) is 23.2 Å². The van der Waals surface area contributed by atoms with Crippen LogP contribution in [0.4, 0.5) is 11.4 Å². The predicted octanol–water partition coefficient (Wildman–Crippen LogP) is 3.71. The third kappa shape index (κ3) is 6.30. The van der Waals surface area contributed by atoms with Crippen molar-refractivity contribution in [1.29, 1.82) is 0 Å². The van der Waals surface area contributed by atoms with Gasteiger partial charge in [0.2, 0.25) is 15.9 Å². The Morgan fingerprint density at radius 2 is 1.71 bits per heavy atom. The number of carbonyl (C=O) groups is 2. The standard InChI is InChI=1S/C23H31N3O4S/c1-6-17(4)24-22(27)19-13-8-9-14-20(19)25-23(28)21(7-2)26(31(5,29)30)18-12-10-11-16(3)15-18/h8-15,17,21H,6-7H2,1-5H3,(H,24,27)(H,25,28)/t17-,21+/m1/s1. The van der Waals surface area contributed by atoms with Crippen molar-refractivity contribution in [2.75, 3.05) is 15.9 Å². The average Bonchev–Trinajstić information content (AvgIpc) is 2.70. The Bertz CT molecular complexity index is 1040. The average molecular weight is 446 g/mol. The van der Waals surface area contributed by atoms with Gasteiger partial charge in [-0.05, 0) is 56.5 Å². The number of para-hydroxylation sites is 1. The third-order valence-electron chi connectivity index (χ3n) is 5.01. The van der Waals surface area contributed by atoms with Crippen LogP contribution in [0.5, 0.6) is 0 Å². The number of benzene rings is 2. The van der Waals surface area contributed by atoms with E-state index in [0.717, 1.165) is 22.5 Å². The lowest BCUT2D eigenvalue weighted by molar-refractivity contribution is -0.117. The molecule has 2 N–H and O–H groups in total. The molecule has 2 rings (SSSR count). The monoisotopic (exact) mass is 445 g/mol. The summed E-state index contributed by atoms with van der Waals surface area (Å²) in [5, 5.41) is 5.65. The summed E-state index contributed by atoms with van der Waals surface area (Å²) in [5.41, 5.74) is 1.97. The second kappa shape index (κ2) is 10.4. The normalized spacial score (nSPS) is 13.2. The summed E-state index contributed by atoms with van der Waals surface area (Å²) in [6.45, 7) is 7.48. The molecule has 168 valence electrons. The van der Waals surface area contributed by atoms with E-state index in [2.05, 4.69) is 10.6 Å². The number of aryl methyl sites for hydroxylation is 1. The molecule has 0 saturated heterocycles. The molecule has 2 atom stereocenters. The number of carbonyl (C=O) groups excluding carboxylic acids is 2. The van der Waals surface area contributed by atoms with Crippen LogP contribution in [-0.4, -0.2) is 38.6 Å². The highest BCUT2D eigenvalue weighted by Gasteiger charge is 2.32. The fraction of sp³-hybridized carbons (Fsp3) is 0.391. The molecule has 0 aliphatic heterocycles. The van der Waals surface area contributed by atoms with Crippen molar-refractivity contribution >= 4 is 33.2 Å². The maximum absolute atomic E-state index is 13.2. The van der Waals surface area contributed by atoms with Gasteiger partial charge in [0.15, 0.2) is 0 Å². The maximum atomic E-state index is 13.2. The first-order chi connectivity index (χ1) is 14.6. The van der Waals surface area contributed by atoms with Crippen LogP contribution in [0.25, 0.3) is 0 Å². The van der Waals surface area contributed by atoms with Gasteiger partial charge in [0.1, 0.15) is 6.04 Å². The van der Waals surface area contributed by atoms with Crippen molar-refractivity contribution in [2.45, 2.75) is 52.6 Å². The quantitative estimate of drug-likeness (QED) is 0.615. The van der Waals surface area contributed by atoms with Crippen molar-refractivity contribution in [3.8, 4) is 0 Å². The van der Waals surface area contributed by atoms with Crippen LogP contribution in [0.3, 0.4) is 0 Å². The van der Waals surface area contributed by atoms with Crippen LogP contribution in [0, 0.1) is 6.92 Å². The number of anilines is 2. The molecule has 2 aromatic rings. The van der Waals surface area contributed by atoms with Crippen molar-refractivity contribution in [2.24, 2.45) is 0 Å². The summed E-state index contributed by atoms with van der Waals surface area (Å²) < 4.78 is 26.4. The van der Waals surface area contributed by atoms with E-state index in [4.69, 9.17) is 0 Å². The molecule has 0 radical (unpaired) electrons. The Balaban J connectivity index is 2.37. The van der Waals surface area contributed by atoms with E-state index in [1.54, 1.807) is 49.4 Å². The van der Waals surface area contributed by atoms with E-state index >= 15 is 0 Å². The molecule has 0 spiro atoms. The molecule has 0 aliphatic carbocycles. The zero-order chi connectivity index (χ0) is 23.2. The van der Waals surface area contributed by atoms with Crippen molar-refractivity contribution < 1.29 is 18.0 Å².